The molecule has 0 aromatic rings. The number of esters is 1. The Morgan fingerprint density at radius 1 is 1.18 bits per heavy atom. The van der Waals surface area contributed by atoms with Gasteiger partial charge in [0.2, 0.25) is 0 Å². The summed E-state index contributed by atoms with van der Waals surface area (Å²) < 4.78 is 4.89. The highest BCUT2D eigenvalue weighted by Gasteiger charge is 2.23. The molecule has 1 aliphatic heterocycles. The van der Waals surface area contributed by atoms with Gasteiger partial charge in [-0.2, -0.15) is 0 Å². The number of amides is 2. The molecule has 1 aliphatic rings. The maximum Gasteiger partial charge on any atom is 0.320 e. The van der Waals surface area contributed by atoms with E-state index in [-0.39, 0.29) is 12.0 Å². The van der Waals surface area contributed by atoms with Crippen LogP contribution in [0.2, 0.25) is 0 Å². The topological polar surface area (TPSA) is 53.1 Å². The van der Waals surface area contributed by atoms with E-state index in [4.69, 9.17) is 4.74 Å². The number of hydrogen-bond acceptors (Lipinski definition) is 4. The molecule has 6 heteroatoms. The van der Waals surface area contributed by atoms with Crippen LogP contribution >= 0.6 is 0 Å². The minimum Gasteiger partial charge on any atom is -0.465 e. The molecule has 0 saturated carbocycles. The highest BCUT2D eigenvalue weighted by atomic mass is 16.5. The lowest BCUT2D eigenvalue weighted by Crippen LogP contribution is -2.52. The summed E-state index contributed by atoms with van der Waals surface area (Å²) in [7, 11) is 3.49. The third-order valence-corrected chi connectivity index (χ3v) is 2.68. The van der Waals surface area contributed by atoms with E-state index in [9.17, 15) is 9.59 Å². The maximum atomic E-state index is 11.7. The van der Waals surface area contributed by atoms with E-state index in [2.05, 4.69) is 0 Å². The smallest absolute Gasteiger partial charge is 0.320 e. The quantitative estimate of drug-likeness (QED) is 0.647. The van der Waals surface area contributed by atoms with Crippen molar-refractivity contribution in [3.8, 4) is 0 Å². The van der Waals surface area contributed by atoms with Gasteiger partial charge in [-0.3, -0.25) is 9.69 Å². The Bertz CT molecular complexity index is 273. The normalized spacial score (nSPS) is 16.8. The summed E-state index contributed by atoms with van der Waals surface area (Å²) in [4.78, 5) is 28.3. The first kappa shape index (κ1) is 13.8. The van der Waals surface area contributed by atoms with Gasteiger partial charge in [0.25, 0.3) is 0 Å². The Balaban J connectivity index is 2.31. The lowest BCUT2D eigenvalue weighted by molar-refractivity contribution is -0.144. The van der Waals surface area contributed by atoms with Gasteiger partial charge in [-0.05, 0) is 6.92 Å². The zero-order valence-corrected chi connectivity index (χ0v) is 10.8. The number of piperazine rings is 1. The molecule has 0 unspecified atom stereocenters. The van der Waals surface area contributed by atoms with Crippen molar-refractivity contribution in [3.63, 3.8) is 0 Å². The molecule has 0 bridgehead atoms. The third kappa shape index (κ3) is 4.22. The van der Waals surface area contributed by atoms with E-state index in [1.54, 1.807) is 30.8 Å². The molecule has 0 atom stereocenters. The average Bonchev–Trinajstić information content (AvgIpc) is 2.29. The fraction of sp³-hybridized carbons (Fsp3) is 0.818. The van der Waals surface area contributed by atoms with E-state index >= 15 is 0 Å². The fourth-order valence-electron chi connectivity index (χ4n) is 1.77. The zero-order chi connectivity index (χ0) is 12.8. The molecule has 0 radical (unpaired) electrons. The monoisotopic (exact) mass is 243 g/mol. The summed E-state index contributed by atoms with van der Waals surface area (Å²) in [6.07, 6.45) is 0. The van der Waals surface area contributed by atoms with Gasteiger partial charge in [0.05, 0.1) is 13.2 Å². The van der Waals surface area contributed by atoms with Gasteiger partial charge >= 0.3 is 12.0 Å². The van der Waals surface area contributed by atoms with Gasteiger partial charge < -0.3 is 14.5 Å². The molecule has 0 N–H and O–H groups in total. The summed E-state index contributed by atoms with van der Waals surface area (Å²) in [5.74, 6) is -0.195. The van der Waals surface area contributed by atoms with Crippen LogP contribution in [-0.4, -0.2) is 80.1 Å². The highest BCUT2D eigenvalue weighted by Crippen LogP contribution is 2.04. The zero-order valence-electron chi connectivity index (χ0n) is 10.8. The van der Waals surface area contributed by atoms with Crippen LogP contribution in [0.25, 0.3) is 0 Å². The number of hydrogen-bond donors (Lipinski definition) is 0. The van der Waals surface area contributed by atoms with Crippen LogP contribution in [0.15, 0.2) is 0 Å². The van der Waals surface area contributed by atoms with Crippen molar-refractivity contribution in [2.24, 2.45) is 0 Å². The Labute approximate surface area is 102 Å². The molecule has 0 spiro atoms. The number of urea groups is 1. The standard InChI is InChI=1S/C11H21N3O3/c1-4-17-10(15)9-13-5-7-14(8-6-13)11(16)12(2)3/h4-9H2,1-3H3. The van der Waals surface area contributed by atoms with Crippen molar-refractivity contribution in [2.45, 2.75) is 6.92 Å². The van der Waals surface area contributed by atoms with Gasteiger partial charge in [0.1, 0.15) is 0 Å². The van der Waals surface area contributed by atoms with Crippen LogP contribution in [-0.2, 0) is 9.53 Å². The molecule has 0 aliphatic carbocycles. The van der Waals surface area contributed by atoms with E-state index in [1.807, 2.05) is 4.90 Å². The summed E-state index contributed by atoms with van der Waals surface area (Å²) >= 11 is 0. The van der Waals surface area contributed by atoms with Crippen molar-refractivity contribution in [1.29, 1.82) is 0 Å². The Morgan fingerprint density at radius 3 is 2.24 bits per heavy atom. The van der Waals surface area contributed by atoms with E-state index < -0.39 is 0 Å². The second-order valence-corrected chi connectivity index (χ2v) is 4.25. The van der Waals surface area contributed by atoms with Crippen molar-refractivity contribution < 1.29 is 14.3 Å². The lowest BCUT2D eigenvalue weighted by Gasteiger charge is -2.35. The van der Waals surface area contributed by atoms with Gasteiger partial charge in [-0.1, -0.05) is 0 Å². The molecule has 98 valence electrons. The highest BCUT2D eigenvalue weighted by molar-refractivity contribution is 5.74. The molecule has 1 rings (SSSR count). The number of nitrogens with zero attached hydrogens (tertiary/aromatic N) is 3. The van der Waals surface area contributed by atoms with Crippen LogP contribution in [0.3, 0.4) is 0 Å². The van der Waals surface area contributed by atoms with Crippen LogP contribution in [0.1, 0.15) is 6.92 Å². The van der Waals surface area contributed by atoms with Gasteiger partial charge in [-0.25, -0.2) is 4.79 Å². The minimum atomic E-state index is -0.195. The van der Waals surface area contributed by atoms with Crippen LogP contribution in [0, 0.1) is 0 Å². The van der Waals surface area contributed by atoms with Crippen molar-refractivity contribution >= 4 is 12.0 Å². The first-order chi connectivity index (χ1) is 8.04. The number of carbonyl (C=O) groups is 2. The Morgan fingerprint density at radius 2 is 1.76 bits per heavy atom. The fourth-order valence-corrected chi connectivity index (χ4v) is 1.77. The van der Waals surface area contributed by atoms with Crippen molar-refractivity contribution in [1.82, 2.24) is 14.7 Å². The van der Waals surface area contributed by atoms with Crippen LogP contribution in [0.5, 0.6) is 0 Å². The first-order valence-electron chi connectivity index (χ1n) is 5.88. The van der Waals surface area contributed by atoms with Gasteiger partial charge in [-0.15, -0.1) is 0 Å². The van der Waals surface area contributed by atoms with E-state index in [0.29, 0.717) is 26.2 Å². The van der Waals surface area contributed by atoms with Gasteiger partial charge in [0.15, 0.2) is 0 Å². The van der Waals surface area contributed by atoms with Crippen LogP contribution < -0.4 is 0 Å². The largest absolute Gasteiger partial charge is 0.465 e. The van der Waals surface area contributed by atoms with Gasteiger partial charge in [0, 0.05) is 40.3 Å². The predicted octanol–water partition coefficient (Wildman–Crippen LogP) is -0.151. The third-order valence-electron chi connectivity index (χ3n) is 2.68. The van der Waals surface area contributed by atoms with E-state index in [0.717, 1.165) is 13.1 Å². The maximum absolute atomic E-state index is 11.7. The molecule has 1 saturated heterocycles. The number of carbonyl (C=O) groups excluding carboxylic acids is 2. The lowest BCUT2D eigenvalue weighted by atomic mass is 10.3. The second kappa shape index (κ2) is 6.44. The molecular weight excluding hydrogens is 222 g/mol. The minimum absolute atomic E-state index is 0.0285. The molecule has 17 heavy (non-hydrogen) atoms. The Hall–Kier alpha value is -1.30. The summed E-state index contributed by atoms with van der Waals surface area (Å²) in [5, 5.41) is 0. The second-order valence-electron chi connectivity index (χ2n) is 4.25. The summed E-state index contributed by atoms with van der Waals surface area (Å²) in [6.45, 7) is 5.30. The molecule has 6 nitrogen and oxygen atoms in total. The molecule has 0 aromatic carbocycles. The molecular formula is C11H21N3O3. The van der Waals surface area contributed by atoms with Crippen molar-refractivity contribution in [2.75, 3.05) is 53.4 Å². The average molecular weight is 243 g/mol. The number of ether oxygens (including phenoxy) is 1. The molecule has 1 heterocycles. The molecule has 0 aromatic heterocycles. The predicted molar refractivity (Wildman–Crippen MR) is 63.7 cm³/mol. The SMILES string of the molecule is CCOC(=O)CN1CCN(C(=O)N(C)C)CC1. The van der Waals surface area contributed by atoms with Crippen molar-refractivity contribution in [3.05, 3.63) is 0 Å². The summed E-state index contributed by atoms with van der Waals surface area (Å²) in [6, 6.07) is 0.0285. The first-order valence-corrected chi connectivity index (χ1v) is 5.88. The molecule has 1 fully saturated rings. The number of rotatable bonds is 3. The van der Waals surface area contributed by atoms with Crippen LogP contribution in [0.4, 0.5) is 4.79 Å². The summed E-state index contributed by atoms with van der Waals surface area (Å²) in [5.41, 5.74) is 0. The Kier molecular flexibility index (Phi) is 5.21. The molecule has 2 amide bonds. The van der Waals surface area contributed by atoms with E-state index in [1.165, 1.54) is 0 Å².